The summed E-state index contributed by atoms with van der Waals surface area (Å²) in [5.41, 5.74) is 1.19. The van der Waals surface area contributed by atoms with Gasteiger partial charge in [-0.2, -0.15) is 0 Å². The molecule has 3 nitrogen and oxygen atoms in total. The lowest BCUT2D eigenvalue weighted by atomic mass is 9.93. The SMILES string of the molecule is CC(C)C(NC(=O)[C@@H]1CCCNC1)c1ccccc1. The van der Waals surface area contributed by atoms with Crippen LogP contribution in [0.5, 0.6) is 0 Å². The summed E-state index contributed by atoms with van der Waals surface area (Å²) in [7, 11) is 0. The molecule has 104 valence electrons. The Hall–Kier alpha value is -1.35. The summed E-state index contributed by atoms with van der Waals surface area (Å²) in [5.74, 6) is 0.705. The Labute approximate surface area is 115 Å². The van der Waals surface area contributed by atoms with Gasteiger partial charge in [-0.05, 0) is 30.9 Å². The zero-order chi connectivity index (χ0) is 13.7. The van der Waals surface area contributed by atoms with E-state index in [1.54, 1.807) is 0 Å². The summed E-state index contributed by atoms with van der Waals surface area (Å²) in [4.78, 5) is 12.3. The zero-order valence-electron chi connectivity index (χ0n) is 11.9. The van der Waals surface area contributed by atoms with E-state index >= 15 is 0 Å². The van der Waals surface area contributed by atoms with Crippen molar-refractivity contribution in [3.63, 3.8) is 0 Å². The molecule has 0 bridgehead atoms. The third-order valence-corrected chi connectivity index (χ3v) is 3.79. The molecule has 2 N–H and O–H groups in total. The van der Waals surface area contributed by atoms with Gasteiger partial charge in [0.15, 0.2) is 0 Å². The van der Waals surface area contributed by atoms with Crippen molar-refractivity contribution < 1.29 is 4.79 Å². The summed E-state index contributed by atoms with van der Waals surface area (Å²) < 4.78 is 0. The minimum Gasteiger partial charge on any atom is -0.349 e. The smallest absolute Gasteiger partial charge is 0.224 e. The maximum absolute atomic E-state index is 12.3. The highest BCUT2D eigenvalue weighted by molar-refractivity contribution is 5.79. The van der Waals surface area contributed by atoms with E-state index in [0.29, 0.717) is 5.92 Å². The molecule has 1 heterocycles. The second kappa shape index (κ2) is 6.71. The predicted octanol–water partition coefficient (Wildman–Crippen LogP) is 2.50. The predicted molar refractivity (Wildman–Crippen MR) is 77.8 cm³/mol. The van der Waals surface area contributed by atoms with Gasteiger partial charge in [0.05, 0.1) is 12.0 Å². The van der Waals surface area contributed by atoms with Gasteiger partial charge in [-0.3, -0.25) is 4.79 Å². The van der Waals surface area contributed by atoms with Gasteiger partial charge in [-0.15, -0.1) is 0 Å². The van der Waals surface area contributed by atoms with E-state index in [0.717, 1.165) is 25.9 Å². The summed E-state index contributed by atoms with van der Waals surface area (Å²) in [6.45, 7) is 6.15. The highest BCUT2D eigenvalue weighted by Gasteiger charge is 2.25. The lowest BCUT2D eigenvalue weighted by molar-refractivity contribution is -0.126. The first-order valence-corrected chi connectivity index (χ1v) is 7.24. The van der Waals surface area contributed by atoms with Crippen molar-refractivity contribution in [2.75, 3.05) is 13.1 Å². The van der Waals surface area contributed by atoms with E-state index in [1.165, 1.54) is 5.56 Å². The van der Waals surface area contributed by atoms with Gasteiger partial charge in [0.2, 0.25) is 5.91 Å². The summed E-state index contributed by atoms with van der Waals surface area (Å²) >= 11 is 0. The molecule has 1 saturated heterocycles. The van der Waals surface area contributed by atoms with Gasteiger partial charge in [0.25, 0.3) is 0 Å². The third kappa shape index (κ3) is 3.80. The lowest BCUT2D eigenvalue weighted by Gasteiger charge is -2.27. The third-order valence-electron chi connectivity index (χ3n) is 3.79. The van der Waals surface area contributed by atoms with Crippen LogP contribution in [-0.4, -0.2) is 19.0 Å². The number of rotatable bonds is 4. The average molecular weight is 260 g/mol. The molecule has 19 heavy (non-hydrogen) atoms. The summed E-state index contributed by atoms with van der Waals surface area (Å²) in [5, 5.41) is 6.52. The standard InChI is InChI=1S/C16H24N2O/c1-12(2)15(13-7-4-3-5-8-13)18-16(19)14-9-6-10-17-11-14/h3-5,7-8,12,14-15,17H,6,9-11H2,1-2H3,(H,18,19)/t14-,15?/m1/s1. The molecule has 1 aliphatic rings. The van der Waals surface area contributed by atoms with Crippen molar-refractivity contribution in [1.29, 1.82) is 0 Å². The van der Waals surface area contributed by atoms with Crippen LogP contribution in [0.4, 0.5) is 0 Å². The Morgan fingerprint density at radius 1 is 1.32 bits per heavy atom. The number of hydrogen-bond acceptors (Lipinski definition) is 2. The molecule has 1 amide bonds. The molecular weight excluding hydrogens is 236 g/mol. The summed E-state index contributed by atoms with van der Waals surface area (Å²) in [6, 6.07) is 10.3. The number of carbonyl (C=O) groups is 1. The van der Waals surface area contributed by atoms with Crippen molar-refractivity contribution in [2.24, 2.45) is 11.8 Å². The first-order valence-electron chi connectivity index (χ1n) is 7.24. The molecule has 2 rings (SSSR count). The van der Waals surface area contributed by atoms with E-state index in [-0.39, 0.29) is 17.9 Å². The van der Waals surface area contributed by atoms with Crippen molar-refractivity contribution in [2.45, 2.75) is 32.7 Å². The molecule has 1 aromatic carbocycles. The van der Waals surface area contributed by atoms with Crippen molar-refractivity contribution >= 4 is 5.91 Å². The molecule has 1 fully saturated rings. The first-order chi connectivity index (χ1) is 9.18. The Bertz CT molecular complexity index is 396. The first kappa shape index (κ1) is 14.1. The Balaban J connectivity index is 2.02. The van der Waals surface area contributed by atoms with Crippen LogP contribution in [0.2, 0.25) is 0 Å². The van der Waals surface area contributed by atoms with Gasteiger partial charge in [0.1, 0.15) is 0 Å². The van der Waals surface area contributed by atoms with E-state index < -0.39 is 0 Å². The van der Waals surface area contributed by atoms with Gasteiger partial charge < -0.3 is 10.6 Å². The quantitative estimate of drug-likeness (QED) is 0.873. The molecule has 1 unspecified atom stereocenters. The van der Waals surface area contributed by atoms with E-state index in [2.05, 4.69) is 36.6 Å². The van der Waals surface area contributed by atoms with Crippen LogP contribution in [0, 0.1) is 11.8 Å². The minimum absolute atomic E-state index is 0.107. The van der Waals surface area contributed by atoms with Gasteiger partial charge >= 0.3 is 0 Å². The largest absolute Gasteiger partial charge is 0.349 e. The topological polar surface area (TPSA) is 41.1 Å². The van der Waals surface area contributed by atoms with E-state index in [9.17, 15) is 4.79 Å². The van der Waals surface area contributed by atoms with Crippen LogP contribution in [0.3, 0.4) is 0 Å². The number of amides is 1. The monoisotopic (exact) mass is 260 g/mol. The maximum Gasteiger partial charge on any atom is 0.224 e. The zero-order valence-corrected chi connectivity index (χ0v) is 11.9. The van der Waals surface area contributed by atoms with Crippen LogP contribution in [-0.2, 0) is 4.79 Å². The molecule has 3 heteroatoms. The molecule has 1 aromatic rings. The molecule has 0 aliphatic carbocycles. The fourth-order valence-electron chi connectivity index (χ4n) is 2.64. The van der Waals surface area contributed by atoms with Gasteiger partial charge in [-0.25, -0.2) is 0 Å². The highest BCUT2D eigenvalue weighted by Crippen LogP contribution is 2.22. The second-order valence-corrected chi connectivity index (χ2v) is 5.68. The van der Waals surface area contributed by atoms with Crippen molar-refractivity contribution in [3.8, 4) is 0 Å². The number of carbonyl (C=O) groups excluding carboxylic acids is 1. The van der Waals surface area contributed by atoms with Crippen LogP contribution in [0.1, 0.15) is 38.3 Å². The normalized spacial score (nSPS) is 21.1. The fraction of sp³-hybridized carbons (Fsp3) is 0.562. The van der Waals surface area contributed by atoms with Crippen LogP contribution in [0.25, 0.3) is 0 Å². The van der Waals surface area contributed by atoms with Crippen LogP contribution in [0.15, 0.2) is 30.3 Å². The fourth-order valence-corrected chi connectivity index (χ4v) is 2.64. The molecule has 0 radical (unpaired) electrons. The number of hydrogen-bond donors (Lipinski definition) is 2. The van der Waals surface area contributed by atoms with Crippen LogP contribution >= 0.6 is 0 Å². The van der Waals surface area contributed by atoms with Crippen molar-refractivity contribution in [1.82, 2.24) is 10.6 Å². The van der Waals surface area contributed by atoms with Gasteiger partial charge in [-0.1, -0.05) is 44.2 Å². The van der Waals surface area contributed by atoms with Crippen molar-refractivity contribution in [3.05, 3.63) is 35.9 Å². The van der Waals surface area contributed by atoms with E-state index in [4.69, 9.17) is 0 Å². The minimum atomic E-state index is 0.107. The maximum atomic E-state index is 12.3. The number of benzene rings is 1. The van der Waals surface area contributed by atoms with E-state index in [1.807, 2.05) is 18.2 Å². The number of nitrogens with one attached hydrogen (secondary N) is 2. The molecule has 2 atom stereocenters. The lowest BCUT2D eigenvalue weighted by Crippen LogP contribution is -2.42. The Morgan fingerprint density at radius 2 is 2.05 bits per heavy atom. The van der Waals surface area contributed by atoms with Crippen LogP contribution < -0.4 is 10.6 Å². The number of piperidine rings is 1. The Kier molecular flexibility index (Phi) is 4.97. The average Bonchev–Trinajstić information content (AvgIpc) is 2.46. The highest BCUT2D eigenvalue weighted by atomic mass is 16.2. The molecule has 1 aliphatic heterocycles. The molecule has 0 aromatic heterocycles. The molecule has 0 spiro atoms. The Morgan fingerprint density at radius 3 is 2.63 bits per heavy atom. The second-order valence-electron chi connectivity index (χ2n) is 5.68. The molecular formula is C16H24N2O. The molecule has 0 saturated carbocycles. The summed E-state index contributed by atoms with van der Waals surface area (Å²) in [6.07, 6.45) is 2.09. The van der Waals surface area contributed by atoms with Gasteiger partial charge in [0, 0.05) is 6.54 Å².